The van der Waals surface area contributed by atoms with Crippen LogP contribution in [0.2, 0.25) is 0 Å². The number of aromatic amines is 1. The molecule has 3 N–H and O–H groups in total. The molecule has 5 heterocycles. The van der Waals surface area contributed by atoms with E-state index in [1.807, 2.05) is 17.2 Å². The van der Waals surface area contributed by atoms with Crippen LogP contribution in [0.25, 0.3) is 28.0 Å². The molecule has 3 aliphatic heterocycles. The van der Waals surface area contributed by atoms with Gasteiger partial charge in [0.2, 0.25) is 11.8 Å². The lowest BCUT2D eigenvalue weighted by Crippen LogP contribution is -2.50. The average molecular weight is 759 g/mol. The number of aromatic nitrogens is 3. The zero-order valence-electron chi connectivity index (χ0n) is 31.7. The molecule has 0 aliphatic carbocycles. The molecule has 0 bridgehead atoms. The number of hydrogen-bond donors (Lipinski definition) is 3. The summed E-state index contributed by atoms with van der Waals surface area (Å²) in [5.74, 6) is 0.373. The number of amides is 4. The molecule has 2 aromatic carbocycles. The molecule has 4 atom stereocenters. The minimum Gasteiger partial charge on any atom is -0.453 e. The maximum atomic E-state index is 13.8. The summed E-state index contributed by atoms with van der Waals surface area (Å²) in [7, 11) is 2.56. The molecule has 4 amide bonds. The molecule has 7 rings (SSSR count). The third-order valence-electron chi connectivity index (χ3n) is 10.7. The van der Waals surface area contributed by atoms with Crippen molar-refractivity contribution in [3.05, 3.63) is 102 Å². The zero-order valence-corrected chi connectivity index (χ0v) is 31.7. The summed E-state index contributed by atoms with van der Waals surface area (Å²) in [5, 5.41) is 5.29. The molecule has 0 spiro atoms. The highest BCUT2D eigenvalue weighted by Crippen LogP contribution is 2.34. The molecule has 2 saturated heterocycles. The molecule has 290 valence electrons. The van der Waals surface area contributed by atoms with Gasteiger partial charge in [0.05, 0.1) is 38.2 Å². The first-order valence-corrected chi connectivity index (χ1v) is 18.9. The number of nitrogens with one attached hydrogen (secondary N) is 3. The summed E-state index contributed by atoms with van der Waals surface area (Å²) < 4.78 is 9.48. The lowest BCUT2D eigenvalue weighted by Gasteiger charge is -2.28. The van der Waals surface area contributed by atoms with E-state index in [0.29, 0.717) is 31.8 Å². The number of carbonyl (C=O) groups excluding carboxylic acids is 4. The number of carbonyl (C=O) groups is 4. The number of alkyl carbamates (subject to hydrolysis) is 2. The van der Waals surface area contributed by atoms with Crippen molar-refractivity contribution in [1.29, 1.82) is 0 Å². The predicted molar refractivity (Wildman–Crippen MR) is 210 cm³/mol. The first-order valence-electron chi connectivity index (χ1n) is 18.9. The predicted octanol–water partition coefficient (Wildman–Crippen LogP) is 5.69. The normalized spacial score (nSPS) is 18.8. The van der Waals surface area contributed by atoms with E-state index in [-0.39, 0.29) is 23.9 Å². The van der Waals surface area contributed by atoms with Crippen LogP contribution in [-0.2, 0) is 25.5 Å². The maximum Gasteiger partial charge on any atom is 0.407 e. The third kappa shape index (κ3) is 8.33. The summed E-state index contributed by atoms with van der Waals surface area (Å²) in [4.78, 5) is 71.5. The largest absolute Gasteiger partial charge is 0.453 e. The molecule has 3 aliphatic rings. The Morgan fingerprint density at radius 1 is 0.804 bits per heavy atom. The topological polar surface area (TPSA) is 171 Å². The minimum absolute atomic E-state index is 0.0907. The Hall–Kier alpha value is -6.31. The fourth-order valence-electron chi connectivity index (χ4n) is 7.79. The number of imidazole rings is 1. The molecule has 0 radical (unpaired) electrons. The van der Waals surface area contributed by atoms with Gasteiger partial charge in [-0.25, -0.2) is 14.6 Å². The van der Waals surface area contributed by atoms with Crippen LogP contribution in [0.1, 0.15) is 62.0 Å². The summed E-state index contributed by atoms with van der Waals surface area (Å²) in [5.41, 5.74) is 7.93. The first-order chi connectivity index (χ1) is 27.2. The Morgan fingerprint density at radius 3 is 2.09 bits per heavy atom. The van der Waals surface area contributed by atoms with Crippen molar-refractivity contribution >= 4 is 35.3 Å². The number of aliphatic imine (C=N–C) groups is 1. The van der Waals surface area contributed by atoms with Gasteiger partial charge in [0.1, 0.15) is 17.9 Å². The Balaban J connectivity index is 0.969. The van der Waals surface area contributed by atoms with E-state index < -0.39 is 24.3 Å². The minimum atomic E-state index is -0.808. The molecule has 56 heavy (non-hydrogen) atoms. The fourth-order valence-corrected chi connectivity index (χ4v) is 7.79. The van der Waals surface area contributed by atoms with Crippen LogP contribution >= 0.6 is 0 Å². The SMILES string of the molecule is COC(=O)N[C@@H](C)C(=O)N1CCC[C@H]1C1=NC=C(c2ccc(-c3ccc(-c4cnc([C@@H]5CCCN5C(=O)[C@H](Cc5cccnc5)NC(=O)OC)[nH]4)cc3)cc2)C1. The van der Waals surface area contributed by atoms with Crippen molar-refractivity contribution in [1.82, 2.24) is 35.4 Å². The van der Waals surface area contributed by atoms with Gasteiger partial charge >= 0.3 is 12.2 Å². The summed E-state index contributed by atoms with van der Waals surface area (Å²) in [6, 6.07) is 18.5. The number of rotatable bonds is 11. The molecule has 4 aromatic rings. The number of ether oxygens (including phenoxy) is 2. The molecule has 14 heteroatoms. The Labute approximate surface area is 325 Å². The molecule has 0 unspecified atom stereocenters. The summed E-state index contributed by atoms with van der Waals surface area (Å²) >= 11 is 0. The number of pyridine rings is 1. The third-order valence-corrected chi connectivity index (χ3v) is 10.7. The van der Waals surface area contributed by atoms with E-state index in [9.17, 15) is 19.2 Å². The Kier molecular flexibility index (Phi) is 11.5. The van der Waals surface area contributed by atoms with Gasteiger partial charge < -0.3 is 34.9 Å². The number of methoxy groups -OCH3 is 2. The second-order valence-corrected chi connectivity index (χ2v) is 14.3. The monoisotopic (exact) mass is 758 g/mol. The highest BCUT2D eigenvalue weighted by molar-refractivity contribution is 6.03. The van der Waals surface area contributed by atoms with E-state index in [1.165, 1.54) is 14.2 Å². The van der Waals surface area contributed by atoms with E-state index >= 15 is 0 Å². The van der Waals surface area contributed by atoms with Crippen LogP contribution in [0, 0.1) is 0 Å². The van der Waals surface area contributed by atoms with Crippen molar-refractivity contribution in [2.75, 3.05) is 27.3 Å². The Bertz CT molecular complexity index is 2110. The van der Waals surface area contributed by atoms with Crippen LogP contribution in [0.4, 0.5) is 9.59 Å². The van der Waals surface area contributed by atoms with Gasteiger partial charge in [-0.05, 0) is 72.1 Å². The molecule has 2 aromatic heterocycles. The lowest BCUT2D eigenvalue weighted by atomic mass is 9.96. The van der Waals surface area contributed by atoms with E-state index in [2.05, 4.69) is 73.9 Å². The van der Waals surface area contributed by atoms with Crippen molar-refractivity contribution in [3.8, 4) is 22.4 Å². The second-order valence-electron chi connectivity index (χ2n) is 14.3. The Morgan fingerprint density at radius 2 is 1.43 bits per heavy atom. The van der Waals surface area contributed by atoms with Crippen molar-refractivity contribution in [2.45, 2.75) is 69.6 Å². The number of nitrogens with zero attached hydrogens (tertiary/aromatic N) is 5. The zero-order chi connectivity index (χ0) is 39.2. The van der Waals surface area contributed by atoms with Gasteiger partial charge in [0, 0.05) is 50.2 Å². The molecular weight excluding hydrogens is 713 g/mol. The molecule has 14 nitrogen and oxygen atoms in total. The van der Waals surface area contributed by atoms with E-state index in [4.69, 9.17) is 14.7 Å². The van der Waals surface area contributed by atoms with Crippen LogP contribution in [0.15, 0.2) is 90.4 Å². The van der Waals surface area contributed by atoms with Crippen LogP contribution < -0.4 is 10.6 Å². The van der Waals surface area contributed by atoms with Crippen molar-refractivity contribution in [2.24, 2.45) is 4.99 Å². The standard InChI is InChI=1S/C42H46N8O6/c1-26(46-41(53)55-2)39(51)49-19-5-8-36(49)33-22-32(24-44-33)30-12-10-28(11-13-30)29-14-16-31(17-15-29)35-25-45-38(47-35)37-9-6-20-50(37)40(52)34(48-42(54)56-3)21-27-7-4-18-43-23-27/h4,7,10-18,23-26,34,36-37H,5-6,8-9,19-22H2,1-3H3,(H,45,47)(H,46,53)(H,48,54)/t26-,34-,36-,37-/m0/s1. The smallest absolute Gasteiger partial charge is 0.407 e. The number of likely N-dealkylation sites (tertiary alicyclic amines) is 2. The van der Waals surface area contributed by atoms with Crippen LogP contribution in [0.5, 0.6) is 0 Å². The molecule has 2 fully saturated rings. The average Bonchev–Trinajstić information content (AvgIpc) is 4.07. The first kappa shape index (κ1) is 38.0. The van der Waals surface area contributed by atoms with Crippen molar-refractivity contribution in [3.63, 3.8) is 0 Å². The van der Waals surface area contributed by atoms with Gasteiger partial charge in [-0.3, -0.25) is 19.6 Å². The number of H-pyrrole nitrogens is 1. The number of benzene rings is 2. The molecule has 0 saturated carbocycles. The van der Waals surface area contributed by atoms with Crippen LogP contribution in [-0.4, -0.2) is 99.9 Å². The van der Waals surface area contributed by atoms with Gasteiger partial charge in [0.15, 0.2) is 0 Å². The number of allylic oxidation sites excluding steroid dienone is 1. The second kappa shape index (κ2) is 17.0. The van der Waals surface area contributed by atoms with Gasteiger partial charge in [0.25, 0.3) is 0 Å². The molecular formula is C42H46N8O6. The highest BCUT2D eigenvalue weighted by atomic mass is 16.5. The van der Waals surface area contributed by atoms with Gasteiger partial charge in [-0.15, -0.1) is 0 Å². The van der Waals surface area contributed by atoms with Crippen LogP contribution in [0.3, 0.4) is 0 Å². The van der Waals surface area contributed by atoms with E-state index in [0.717, 1.165) is 70.5 Å². The van der Waals surface area contributed by atoms with Gasteiger partial charge in [-0.2, -0.15) is 0 Å². The lowest BCUT2D eigenvalue weighted by molar-refractivity contribution is -0.134. The number of hydrogen-bond acceptors (Lipinski definition) is 9. The fraction of sp³-hybridized carbons (Fsp3) is 0.357. The van der Waals surface area contributed by atoms with E-state index in [1.54, 1.807) is 36.5 Å². The quantitative estimate of drug-likeness (QED) is 0.175. The van der Waals surface area contributed by atoms with Crippen molar-refractivity contribution < 1.29 is 28.7 Å². The summed E-state index contributed by atoms with van der Waals surface area (Å²) in [6.45, 7) is 2.86. The maximum absolute atomic E-state index is 13.8. The van der Waals surface area contributed by atoms with Gasteiger partial charge in [-0.1, -0.05) is 54.6 Å². The summed E-state index contributed by atoms with van der Waals surface area (Å²) in [6.07, 6.45) is 10.0. The highest BCUT2D eigenvalue weighted by Gasteiger charge is 2.38.